The molecule has 6 saturated carbocycles. The first kappa shape index (κ1) is 87.2. The standard InChI is InChI=1S/C32H41N2O2.C30H41N2O2.C26H33N2O2.C22H25N2O2/c35-31-29(23-11-13-27-21(19-23)15-17-33(27)25-7-3-1-4-8-25)32(36)30(31)24-12-14-28-22(20-24)16-18-34(28)26-9-5-2-6-10-26;1-27(2)19-15-17(11-13-21(19)31(9)29(27,5)6)23-25(33)24(26(23)34)18-12-14-22-20(16-18)28(3,4)30(7,8)32(22)10;1-5-27-9-7-17-13-19(15(3)11-21(17)27)23-25(29)24(26(23)30)20-14-18-8-10-28(6-2)22(18)12-16(20)4;1-23-9-7-13-11-15(3-5-17(13)23)19-21(25)20(22(19)26)16-4-6-18-14(12-16)8-10-24(18)2/h11-14,19-20,25-26,29-32,35H,1-10,15-18H2;11-16,23-26,33H,1-10H3;11-14,23-26,29H,5-10H2,1-4H3;3-6,11-12,19-22,25H,7-10H2,1-2H3/q4*-1. The van der Waals surface area contributed by atoms with Crippen LogP contribution < -0.4 is 59.6 Å². The Kier molecular flexibility index (Phi) is 22.9. The third kappa shape index (κ3) is 14.0. The number of anilines is 8. The van der Waals surface area contributed by atoms with Gasteiger partial charge in [-0.15, -0.1) is 24.4 Å². The highest BCUT2D eigenvalue weighted by molar-refractivity contribution is 5.71. The fourth-order valence-electron chi connectivity index (χ4n) is 26.1. The van der Waals surface area contributed by atoms with E-state index in [9.17, 15) is 40.9 Å². The lowest BCUT2D eigenvalue weighted by Gasteiger charge is -2.55. The molecule has 6 fully saturated rings. The van der Waals surface area contributed by atoms with E-state index in [1.54, 1.807) is 0 Å². The Hall–Kier alpha value is -8.16. The fourth-order valence-corrected chi connectivity index (χ4v) is 26.1. The predicted octanol–water partition coefficient (Wildman–Crippen LogP) is 14.4. The number of aliphatic hydroxyl groups is 4. The lowest BCUT2D eigenvalue weighted by atomic mass is 9.61. The third-order valence-corrected chi connectivity index (χ3v) is 35.9. The maximum atomic E-state index is 13.6. The molecule has 0 aromatic heterocycles. The van der Waals surface area contributed by atoms with Gasteiger partial charge in [-0.25, -0.2) is 0 Å². The molecule has 16 heteroatoms. The van der Waals surface area contributed by atoms with Crippen LogP contribution in [-0.4, -0.2) is 173 Å². The van der Waals surface area contributed by atoms with Gasteiger partial charge in [0.15, 0.2) is 0 Å². The zero-order chi connectivity index (χ0) is 88.5. The Morgan fingerprint density at radius 3 is 0.897 bits per heavy atom. The Balaban J connectivity index is 0.000000110. The highest BCUT2D eigenvalue weighted by Crippen LogP contribution is 2.59. The maximum Gasteiger partial charge on any atom is 0.0657 e. The van der Waals surface area contributed by atoms with E-state index < -0.39 is 48.8 Å². The van der Waals surface area contributed by atoms with Crippen LogP contribution in [0, 0.1) is 13.8 Å². The number of aliphatic hydroxyl groups excluding tert-OH is 4. The number of benzene rings is 8. The lowest BCUT2D eigenvalue weighted by Crippen LogP contribution is -2.58. The van der Waals surface area contributed by atoms with Gasteiger partial charge in [0.05, 0.1) is 24.4 Å². The van der Waals surface area contributed by atoms with Crippen LogP contribution in [0.15, 0.2) is 133 Å². The summed E-state index contributed by atoms with van der Waals surface area (Å²) in [5.41, 5.74) is 31.2. The first-order valence-electron chi connectivity index (χ1n) is 48.6. The summed E-state index contributed by atoms with van der Waals surface area (Å²) in [4.78, 5) is 19.2. The molecule has 126 heavy (non-hydrogen) atoms. The molecule has 14 aliphatic rings. The molecule has 8 atom stereocenters. The highest BCUT2D eigenvalue weighted by Gasteiger charge is 2.55. The molecule has 0 bridgehead atoms. The van der Waals surface area contributed by atoms with E-state index in [1.165, 1.54) is 154 Å². The van der Waals surface area contributed by atoms with Crippen molar-refractivity contribution in [2.45, 2.75) is 316 Å². The van der Waals surface area contributed by atoms with Gasteiger partial charge in [-0.2, -0.15) is 0 Å². The number of nitrogens with zero attached hydrogens (tertiary/aromatic N) is 8. The minimum Gasteiger partial charge on any atom is -0.851 e. The predicted molar refractivity (Wildman–Crippen MR) is 506 cm³/mol. The molecular formula is C110H140N8O8-4. The van der Waals surface area contributed by atoms with Gasteiger partial charge in [0.1, 0.15) is 0 Å². The highest BCUT2D eigenvalue weighted by atomic mass is 16.3. The van der Waals surface area contributed by atoms with Crippen molar-refractivity contribution in [1.29, 1.82) is 0 Å². The molecular weight excluding hydrogens is 1560 g/mol. The molecule has 16 nitrogen and oxygen atoms in total. The molecule has 0 spiro atoms. The van der Waals surface area contributed by atoms with Crippen LogP contribution in [0.2, 0.25) is 0 Å². The van der Waals surface area contributed by atoms with E-state index in [0.717, 1.165) is 147 Å². The minimum atomic E-state index is -0.850. The van der Waals surface area contributed by atoms with Crippen LogP contribution in [0.1, 0.15) is 281 Å². The first-order chi connectivity index (χ1) is 60.2. The second kappa shape index (κ2) is 33.0. The molecule has 22 rings (SSSR count). The largest absolute Gasteiger partial charge is 0.851 e. The fraction of sp³-hybridized carbons (Fsp3) is 0.564. The van der Waals surface area contributed by atoms with Gasteiger partial charge in [0.25, 0.3) is 0 Å². The van der Waals surface area contributed by atoms with E-state index >= 15 is 0 Å². The molecule has 8 aromatic carbocycles. The summed E-state index contributed by atoms with van der Waals surface area (Å²) in [6.07, 6.45) is 14.0. The van der Waals surface area contributed by atoms with Crippen molar-refractivity contribution in [3.05, 3.63) is 234 Å². The van der Waals surface area contributed by atoms with Crippen molar-refractivity contribution in [3.8, 4) is 0 Å². The third-order valence-electron chi connectivity index (χ3n) is 35.9. The number of rotatable bonds is 12. The van der Waals surface area contributed by atoms with Crippen LogP contribution in [-0.2, 0) is 49.4 Å². The molecule has 4 N–H and O–H groups in total. The zero-order valence-electron chi connectivity index (χ0n) is 78.1. The average molecular weight is 1700 g/mol. The van der Waals surface area contributed by atoms with Gasteiger partial charge in [0, 0.05) is 160 Å². The van der Waals surface area contributed by atoms with Gasteiger partial charge in [-0.05, 0) is 316 Å². The quantitative estimate of drug-likeness (QED) is 0.0900. The molecule has 0 radical (unpaired) electrons. The minimum absolute atomic E-state index is 0.0241. The van der Waals surface area contributed by atoms with Crippen molar-refractivity contribution in [1.82, 2.24) is 0 Å². The van der Waals surface area contributed by atoms with Gasteiger partial charge < -0.3 is 80.1 Å². The van der Waals surface area contributed by atoms with Crippen molar-refractivity contribution in [2.24, 2.45) is 0 Å². The molecule has 0 amide bonds. The summed E-state index contributed by atoms with van der Waals surface area (Å²) >= 11 is 0. The van der Waals surface area contributed by atoms with E-state index in [-0.39, 0.29) is 69.3 Å². The van der Waals surface area contributed by atoms with Gasteiger partial charge >= 0.3 is 0 Å². The van der Waals surface area contributed by atoms with Crippen LogP contribution in [0.3, 0.4) is 0 Å². The molecule has 8 aliphatic heterocycles. The van der Waals surface area contributed by atoms with Crippen LogP contribution in [0.5, 0.6) is 0 Å². The van der Waals surface area contributed by atoms with Gasteiger partial charge in [-0.3, -0.25) is 0 Å². The number of fused-ring (bicyclic) bond motifs is 8. The number of aryl methyl sites for hydroxylation is 2. The topological polar surface area (TPSA) is 199 Å². The SMILES string of the molecule is CCN1CCc2cc(C3C([O-])C(c4cc5c(cc4C)N(CC)CC5)C3O)c(C)cc21.CN1CCc2cc(C3C([O-])C(c4ccc5c(c4)CCN5C)C3O)ccc21.CN1c2ccc(C3C([O-])C(c4ccc5c(c4)C(C)(C)C(C)(C)N5C)C3O)cc2C(C)(C)C1(C)C.[O-]C1C(c2ccc3c(c2)CCN3C2CCCCC2)C(O)C1c1ccc2c(c1)CCN2C1CCCCC1. The normalized spacial score (nSPS) is 30.0. The second-order valence-electron chi connectivity index (χ2n) is 42.8. The van der Waals surface area contributed by atoms with Crippen molar-refractivity contribution < 1.29 is 40.9 Å². The maximum absolute atomic E-state index is 13.6. The summed E-state index contributed by atoms with van der Waals surface area (Å²) in [6.45, 7) is 35.1. The molecule has 672 valence electrons. The van der Waals surface area contributed by atoms with Crippen molar-refractivity contribution in [2.75, 3.05) is 120 Å². The second-order valence-corrected chi connectivity index (χ2v) is 42.8. The zero-order valence-corrected chi connectivity index (χ0v) is 78.1. The summed E-state index contributed by atoms with van der Waals surface area (Å²) in [7, 11) is 8.49. The van der Waals surface area contributed by atoms with Crippen LogP contribution in [0.4, 0.5) is 45.5 Å². The Bertz CT molecular complexity index is 5070. The molecule has 8 aromatic rings. The van der Waals surface area contributed by atoms with Crippen molar-refractivity contribution >= 4 is 45.5 Å². The molecule has 0 saturated heterocycles. The summed E-state index contributed by atoms with van der Waals surface area (Å²) in [5, 5.41) is 98.0. The Morgan fingerprint density at radius 2 is 0.579 bits per heavy atom. The Morgan fingerprint density at radius 1 is 0.310 bits per heavy atom. The number of hydrogen-bond donors (Lipinski definition) is 4. The first-order valence-corrected chi connectivity index (χ1v) is 48.6. The monoisotopic (exact) mass is 1700 g/mol. The Labute approximate surface area is 751 Å². The molecule has 8 unspecified atom stereocenters. The van der Waals surface area contributed by atoms with Crippen molar-refractivity contribution in [3.63, 3.8) is 0 Å². The van der Waals surface area contributed by atoms with Gasteiger partial charge in [0.2, 0.25) is 0 Å². The van der Waals surface area contributed by atoms with Gasteiger partial charge in [-0.1, -0.05) is 151 Å². The average Bonchev–Trinajstić information content (AvgIpc) is 1.76. The van der Waals surface area contributed by atoms with E-state index in [0.29, 0.717) is 12.1 Å². The van der Waals surface area contributed by atoms with E-state index in [2.05, 4.69) is 272 Å². The van der Waals surface area contributed by atoms with Crippen LogP contribution in [0.25, 0.3) is 0 Å². The number of likely N-dealkylation sites (N-methyl/N-ethyl adjacent to an activating group) is 6. The summed E-state index contributed by atoms with van der Waals surface area (Å²) < 4.78 is 0. The van der Waals surface area contributed by atoms with E-state index in [1.807, 2.05) is 12.1 Å². The smallest absolute Gasteiger partial charge is 0.0657 e. The molecule has 6 aliphatic carbocycles. The van der Waals surface area contributed by atoms with E-state index in [4.69, 9.17) is 0 Å². The molecule has 8 heterocycles. The lowest BCUT2D eigenvalue weighted by molar-refractivity contribution is -0.462. The van der Waals surface area contributed by atoms with Crippen LogP contribution >= 0.6 is 0 Å². The summed E-state index contributed by atoms with van der Waals surface area (Å²) in [5.74, 6) is -2.56. The summed E-state index contributed by atoms with van der Waals surface area (Å²) in [6, 6.07) is 48.9. The number of hydrogen-bond acceptors (Lipinski definition) is 16.